The van der Waals surface area contributed by atoms with Crippen LogP contribution in [0.5, 0.6) is 0 Å². The summed E-state index contributed by atoms with van der Waals surface area (Å²) in [6, 6.07) is 4.31. The Kier molecular flexibility index (Phi) is 4.52. The molecule has 8 heteroatoms. The van der Waals surface area contributed by atoms with Crippen LogP contribution in [0.3, 0.4) is 0 Å². The Morgan fingerprint density at radius 3 is 2.27 bits per heavy atom. The summed E-state index contributed by atoms with van der Waals surface area (Å²) in [5.41, 5.74) is 11.3. The highest BCUT2D eigenvalue weighted by Gasteiger charge is 2.31. The zero-order valence-corrected chi connectivity index (χ0v) is 13.1. The van der Waals surface area contributed by atoms with Crippen LogP contribution in [0.25, 0.3) is 0 Å². The number of carbonyl (C=O) groups is 2. The van der Waals surface area contributed by atoms with Gasteiger partial charge in [-0.1, -0.05) is 6.07 Å². The number of primary amides is 2. The van der Waals surface area contributed by atoms with Crippen LogP contribution in [0, 0.1) is 12.8 Å². The lowest BCUT2D eigenvalue weighted by atomic mass is 9.98. The first-order valence-electron chi connectivity index (χ1n) is 6.93. The van der Waals surface area contributed by atoms with Crippen molar-refractivity contribution in [3.63, 3.8) is 0 Å². The number of amides is 2. The predicted molar refractivity (Wildman–Crippen MR) is 80.4 cm³/mol. The molecule has 0 bridgehead atoms. The van der Waals surface area contributed by atoms with Gasteiger partial charge >= 0.3 is 0 Å². The molecule has 0 unspecified atom stereocenters. The van der Waals surface area contributed by atoms with E-state index in [1.165, 1.54) is 16.4 Å². The van der Waals surface area contributed by atoms with Gasteiger partial charge in [0.1, 0.15) is 0 Å². The zero-order valence-electron chi connectivity index (χ0n) is 12.3. The molecule has 7 nitrogen and oxygen atoms in total. The normalized spacial score (nSPS) is 17.3. The van der Waals surface area contributed by atoms with Crippen molar-refractivity contribution in [1.29, 1.82) is 0 Å². The van der Waals surface area contributed by atoms with Gasteiger partial charge in [-0.3, -0.25) is 9.59 Å². The fourth-order valence-electron chi connectivity index (χ4n) is 2.56. The van der Waals surface area contributed by atoms with E-state index in [2.05, 4.69) is 0 Å². The van der Waals surface area contributed by atoms with Gasteiger partial charge in [0, 0.05) is 24.6 Å². The molecular formula is C14H19N3O4S. The van der Waals surface area contributed by atoms with Crippen molar-refractivity contribution in [3.8, 4) is 0 Å². The second kappa shape index (κ2) is 6.05. The minimum atomic E-state index is -3.71. The maximum absolute atomic E-state index is 12.6. The molecule has 120 valence electrons. The van der Waals surface area contributed by atoms with Crippen LogP contribution < -0.4 is 11.5 Å². The van der Waals surface area contributed by atoms with Crippen molar-refractivity contribution in [2.45, 2.75) is 24.7 Å². The van der Waals surface area contributed by atoms with E-state index in [-0.39, 0.29) is 29.5 Å². The molecule has 2 rings (SSSR count). The van der Waals surface area contributed by atoms with Crippen molar-refractivity contribution >= 4 is 21.8 Å². The summed E-state index contributed by atoms with van der Waals surface area (Å²) in [5.74, 6) is -1.35. The molecule has 2 amide bonds. The second-order valence-corrected chi connectivity index (χ2v) is 7.36. The maximum atomic E-state index is 12.6. The van der Waals surface area contributed by atoms with Crippen LogP contribution in [0.15, 0.2) is 23.1 Å². The number of hydrogen-bond donors (Lipinski definition) is 2. The molecule has 4 N–H and O–H groups in total. The molecule has 1 aliphatic heterocycles. The number of nitrogens with two attached hydrogens (primary N) is 2. The molecule has 1 heterocycles. The fraction of sp³-hybridized carbons (Fsp3) is 0.429. The van der Waals surface area contributed by atoms with Gasteiger partial charge in [0.25, 0.3) is 0 Å². The first-order valence-corrected chi connectivity index (χ1v) is 8.37. The van der Waals surface area contributed by atoms with Gasteiger partial charge in [-0.15, -0.1) is 0 Å². The molecule has 1 aliphatic rings. The highest BCUT2D eigenvalue weighted by molar-refractivity contribution is 7.89. The standard InChI is InChI=1S/C14H19N3O4S/c1-9-2-3-11(8-12(9)14(16)19)22(20,21)17-6-4-10(5-7-17)13(15)18/h2-3,8,10H,4-7H2,1H3,(H2,15,18)(H2,16,19). The number of nitrogens with zero attached hydrogens (tertiary/aromatic N) is 1. The summed E-state index contributed by atoms with van der Waals surface area (Å²) in [5, 5.41) is 0. The van der Waals surface area contributed by atoms with Gasteiger partial charge in [-0.05, 0) is 37.5 Å². The molecule has 0 saturated carbocycles. The maximum Gasteiger partial charge on any atom is 0.249 e. The number of aryl methyl sites for hydroxylation is 1. The lowest BCUT2D eigenvalue weighted by Crippen LogP contribution is -2.41. The molecule has 0 spiro atoms. The number of hydrogen-bond acceptors (Lipinski definition) is 4. The van der Waals surface area contributed by atoms with Gasteiger partial charge in [0.15, 0.2) is 0 Å². The van der Waals surface area contributed by atoms with Crippen LogP contribution in [0.2, 0.25) is 0 Å². The van der Waals surface area contributed by atoms with E-state index in [9.17, 15) is 18.0 Å². The van der Waals surface area contributed by atoms with E-state index < -0.39 is 21.8 Å². The number of benzene rings is 1. The number of carbonyl (C=O) groups excluding carboxylic acids is 2. The van der Waals surface area contributed by atoms with Gasteiger partial charge in [-0.2, -0.15) is 4.31 Å². The summed E-state index contributed by atoms with van der Waals surface area (Å²) in [6.45, 7) is 2.15. The first kappa shape index (κ1) is 16.4. The average molecular weight is 325 g/mol. The fourth-order valence-corrected chi connectivity index (χ4v) is 4.05. The van der Waals surface area contributed by atoms with Gasteiger partial charge in [0.2, 0.25) is 21.8 Å². The number of piperidine rings is 1. The van der Waals surface area contributed by atoms with Crippen LogP contribution >= 0.6 is 0 Å². The van der Waals surface area contributed by atoms with Crippen molar-refractivity contribution in [2.75, 3.05) is 13.1 Å². The molecule has 0 aromatic heterocycles. The zero-order chi connectivity index (χ0) is 16.5. The lowest BCUT2D eigenvalue weighted by molar-refractivity contribution is -0.122. The first-order chi connectivity index (χ1) is 10.2. The second-order valence-electron chi connectivity index (χ2n) is 5.42. The number of sulfonamides is 1. The van der Waals surface area contributed by atoms with Crippen LogP contribution in [-0.2, 0) is 14.8 Å². The molecular weight excluding hydrogens is 306 g/mol. The van der Waals surface area contributed by atoms with E-state index in [0.717, 1.165) is 0 Å². The van der Waals surface area contributed by atoms with Crippen LogP contribution in [-0.4, -0.2) is 37.6 Å². The Labute approximate surface area is 129 Å². The molecule has 22 heavy (non-hydrogen) atoms. The van der Waals surface area contributed by atoms with Crippen LogP contribution in [0.1, 0.15) is 28.8 Å². The quantitative estimate of drug-likeness (QED) is 0.807. The van der Waals surface area contributed by atoms with Crippen molar-refractivity contribution in [2.24, 2.45) is 17.4 Å². The summed E-state index contributed by atoms with van der Waals surface area (Å²) >= 11 is 0. The Morgan fingerprint density at radius 2 is 1.77 bits per heavy atom. The topological polar surface area (TPSA) is 124 Å². The molecule has 1 fully saturated rings. The third-order valence-electron chi connectivity index (χ3n) is 3.97. The Balaban J connectivity index is 2.26. The van der Waals surface area contributed by atoms with E-state index in [0.29, 0.717) is 18.4 Å². The van der Waals surface area contributed by atoms with E-state index in [4.69, 9.17) is 11.5 Å². The monoisotopic (exact) mass is 325 g/mol. The SMILES string of the molecule is Cc1ccc(S(=O)(=O)N2CCC(C(N)=O)CC2)cc1C(N)=O. The van der Waals surface area contributed by atoms with Crippen molar-refractivity contribution in [1.82, 2.24) is 4.31 Å². The highest BCUT2D eigenvalue weighted by Crippen LogP contribution is 2.25. The van der Waals surface area contributed by atoms with Gasteiger partial charge in [-0.25, -0.2) is 8.42 Å². The smallest absolute Gasteiger partial charge is 0.249 e. The molecule has 0 aliphatic carbocycles. The largest absolute Gasteiger partial charge is 0.369 e. The summed E-state index contributed by atoms with van der Waals surface area (Å²) in [6.07, 6.45) is 0.812. The molecule has 1 aromatic rings. The van der Waals surface area contributed by atoms with Crippen molar-refractivity contribution < 1.29 is 18.0 Å². The predicted octanol–water partition coefficient (Wildman–Crippen LogP) is -0.0201. The third-order valence-corrected chi connectivity index (χ3v) is 5.86. The summed E-state index contributed by atoms with van der Waals surface area (Å²) in [7, 11) is -3.71. The van der Waals surface area contributed by atoms with Gasteiger partial charge in [0.05, 0.1) is 4.90 Å². The Morgan fingerprint density at radius 1 is 1.18 bits per heavy atom. The Bertz CT molecular complexity index is 707. The minimum Gasteiger partial charge on any atom is -0.369 e. The number of rotatable bonds is 4. The average Bonchev–Trinajstić information content (AvgIpc) is 2.47. The molecule has 1 saturated heterocycles. The summed E-state index contributed by atoms with van der Waals surface area (Å²) < 4.78 is 26.5. The minimum absolute atomic E-state index is 0.0319. The third kappa shape index (κ3) is 3.12. The lowest BCUT2D eigenvalue weighted by Gasteiger charge is -2.29. The van der Waals surface area contributed by atoms with Gasteiger partial charge < -0.3 is 11.5 Å². The summed E-state index contributed by atoms with van der Waals surface area (Å²) in [4.78, 5) is 22.5. The van der Waals surface area contributed by atoms with E-state index in [1.54, 1.807) is 13.0 Å². The molecule has 0 atom stereocenters. The molecule has 1 aromatic carbocycles. The highest BCUT2D eigenvalue weighted by atomic mass is 32.2. The van der Waals surface area contributed by atoms with Crippen LogP contribution in [0.4, 0.5) is 0 Å². The van der Waals surface area contributed by atoms with E-state index >= 15 is 0 Å². The van der Waals surface area contributed by atoms with Crippen molar-refractivity contribution in [3.05, 3.63) is 29.3 Å². The molecule has 0 radical (unpaired) electrons. The Hall–Kier alpha value is -1.93. The van der Waals surface area contributed by atoms with E-state index in [1.807, 2.05) is 0 Å².